The molecule has 0 aromatic carbocycles. The van der Waals surface area contributed by atoms with E-state index in [1.807, 2.05) is 0 Å². The third-order valence-corrected chi connectivity index (χ3v) is 10.5. The van der Waals surface area contributed by atoms with Gasteiger partial charge in [0.1, 0.15) is 0 Å². The second kappa shape index (κ2) is 7.90. The maximum atomic E-state index is 12.0. The summed E-state index contributed by atoms with van der Waals surface area (Å²) in [5, 5.41) is 0. The predicted molar refractivity (Wildman–Crippen MR) is 62.2 cm³/mol. The highest BCUT2D eigenvalue weighted by molar-refractivity contribution is 6.59. The van der Waals surface area contributed by atoms with Gasteiger partial charge < -0.3 is 20.6 Å². The number of hydrogen-bond donors (Lipinski definition) is 0. The van der Waals surface area contributed by atoms with E-state index in [1.165, 1.54) is 0 Å². The molecule has 0 aromatic rings. The van der Waals surface area contributed by atoms with Gasteiger partial charge in [0.05, 0.1) is 0 Å². The van der Waals surface area contributed by atoms with Crippen LogP contribution in [0.2, 0.25) is 6.04 Å². The first-order valence-corrected chi connectivity index (χ1v) is 11.0. The van der Waals surface area contributed by atoms with Crippen LogP contribution in [0.3, 0.4) is 0 Å². The van der Waals surface area contributed by atoms with Gasteiger partial charge in [0.25, 0.3) is 40.0 Å². The summed E-state index contributed by atoms with van der Waals surface area (Å²) in [5.74, 6) is 0. The van der Waals surface area contributed by atoms with Crippen molar-refractivity contribution in [2.45, 2.75) is 18.6 Å². The molecule has 0 amide bonds. The molecule has 1 aliphatic heterocycles. The molecule has 0 spiro atoms. The van der Waals surface area contributed by atoms with Gasteiger partial charge in [-0.15, -0.1) is 0 Å². The highest BCUT2D eigenvalue weighted by atomic mass is 28.4. The van der Waals surface area contributed by atoms with Gasteiger partial charge in [0.2, 0.25) is 0 Å². The summed E-state index contributed by atoms with van der Waals surface area (Å²) in [7, 11) is -6.63. The van der Waals surface area contributed by atoms with Crippen LogP contribution in [0.1, 0.15) is 6.42 Å². The summed E-state index contributed by atoms with van der Waals surface area (Å²) >= 11 is 0. The Morgan fingerprint density at radius 3 is 1.88 bits per heavy atom. The van der Waals surface area contributed by atoms with Crippen molar-refractivity contribution in [2.24, 2.45) is 0 Å². The van der Waals surface area contributed by atoms with E-state index in [0.717, 1.165) is 0 Å². The van der Waals surface area contributed by atoms with E-state index >= 15 is 0 Å². The van der Waals surface area contributed by atoms with Crippen molar-refractivity contribution in [3.63, 3.8) is 0 Å². The first-order valence-electron chi connectivity index (χ1n) is 4.61. The third kappa shape index (κ3) is 7.87. The number of rotatable bonds is 2. The minimum Gasteiger partial charge on any atom is -0.425 e. The first-order chi connectivity index (χ1) is 7.58. The molecular formula is C3H13F3O5Si5. The summed E-state index contributed by atoms with van der Waals surface area (Å²) in [6, 6.07) is -0.0554. The van der Waals surface area contributed by atoms with Gasteiger partial charge in [0.15, 0.2) is 0 Å². The number of halogens is 3. The molecule has 0 unspecified atom stereocenters. The lowest BCUT2D eigenvalue weighted by molar-refractivity contribution is -0.131. The fraction of sp³-hybridized carbons (Fsp3) is 1.00. The Kier molecular flexibility index (Phi) is 7.27. The minimum absolute atomic E-state index is 0.0554. The Hall–Kier alpha value is 0.674. The standard InChI is InChI=1S/C3H13F3O5Si5/c4-3(5,6)1-2-16-10-14-8-12-7-13-9-15-11-16/h16H,1-2,12-15H2. The summed E-state index contributed by atoms with van der Waals surface area (Å²) in [6.07, 6.45) is -5.00. The van der Waals surface area contributed by atoms with Gasteiger partial charge >= 0.3 is 15.5 Å². The zero-order valence-corrected chi connectivity index (χ0v) is 15.3. The monoisotopic (exact) mass is 326 g/mol. The average molecular weight is 327 g/mol. The van der Waals surface area contributed by atoms with Crippen LogP contribution in [-0.4, -0.2) is 55.5 Å². The number of alkyl halides is 3. The van der Waals surface area contributed by atoms with Gasteiger partial charge in [0, 0.05) is 6.42 Å². The lowest BCUT2D eigenvalue weighted by Crippen LogP contribution is -2.33. The van der Waals surface area contributed by atoms with Crippen LogP contribution < -0.4 is 0 Å². The smallest absolute Gasteiger partial charge is 0.389 e. The van der Waals surface area contributed by atoms with Crippen LogP contribution in [0.5, 0.6) is 0 Å². The molecule has 1 fully saturated rings. The molecular weight excluding hydrogens is 313 g/mol. The Bertz CT molecular complexity index is 185. The predicted octanol–water partition coefficient (Wildman–Crippen LogP) is -2.75. The van der Waals surface area contributed by atoms with Crippen molar-refractivity contribution < 1.29 is 33.7 Å². The van der Waals surface area contributed by atoms with E-state index in [0.29, 0.717) is 0 Å². The van der Waals surface area contributed by atoms with E-state index < -0.39 is 61.9 Å². The third-order valence-electron chi connectivity index (χ3n) is 1.67. The van der Waals surface area contributed by atoms with Gasteiger partial charge in [-0.05, 0) is 6.04 Å². The van der Waals surface area contributed by atoms with Crippen LogP contribution in [0.25, 0.3) is 0 Å². The fourth-order valence-corrected chi connectivity index (χ4v) is 11.7. The SMILES string of the molecule is FC(F)(F)CC[SiH]1O[SiH2]O[SiH2]O[SiH2]O[SiH2]O1. The highest BCUT2D eigenvalue weighted by Gasteiger charge is 2.29. The Morgan fingerprint density at radius 1 is 0.875 bits per heavy atom. The summed E-state index contributed by atoms with van der Waals surface area (Å²) < 4.78 is 62.0. The molecule has 0 bridgehead atoms. The molecule has 13 heteroatoms. The van der Waals surface area contributed by atoms with Crippen molar-refractivity contribution in [3.8, 4) is 0 Å². The molecule has 0 aliphatic carbocycles. The van der Waals surface area contributed by atoms with Gasteiger partial charge in [-0.1, -0.05) is 0 Å². The maximum Gasteiger partial charge on any atom is 0.389 e. The molecule has 1 heterocycles. The number of hydrogen-bond acceptors (Lipinski definition) is 5. The van der Waals surface area contributed by atoms with Crippen molar-refractivity contribution in [1.82, 2.24) is 0 Å². The molecule has 1 saturated heterocycles. The van der Waals surface area contributed by atoms with Gasteiger partial charge in [-0.3, -0.25) is 0 Å². The zero-order chi connectivity index (χ0) is 11.9. The summed E-state index contributed by atoms with van der Waals surface area (Å²) in [5.41, 5.74) is 0. The molecule has 0 N–H and O–H groups in total. The largest absolute Gasteiger partial charge is 0.425 e. The van der Waals surface area contributed by atoms with Crippen molar-refractivity contribution >= 4 is 49.3 Å². The van der Waals surface area contributed by atoms with Crippen LogP contribution in [0.4, 0.5) is 13.2 Å². The first kappa shape index (κ1) is 14.7. The second-order valence-electron chi connectivity index (χ2n) is 3.00. The fourth-order valence-electron chi connectivity index (χ4n) is 0.964. The molecule has 0 atom stereocenters. The van der Waals surface area contributed by atoms with Crippen LogP contribution in [-0.2, 0) is 20.6 Å². The normalized spacial score (nSPS) is 31.3. The molecule has 0 saturated carbocycles. The molecule has 0 radical (unpaired) electrons. The zero-order valence-electron chi connectivity index (χ0n) is 8.50. The molecule has 96 valence electrons. The maximum absolute atomic E-state index is 12.0. The van der Waals surface area contributed by atoms with Crippen LogP contribution in [0, 0.1) is 0 Å². The summed E-state index contributed by atoms with van der Waals surface area (Å²) in [4.78, 5) is 0. The molecule has 0 aromatic heterocycles. The lowest BCUT2D eigenvalue weighted by Gasteiger charge is -2.19. The Labute approximate surface area is 102 Å². The highest BCUT2D eigenvalue weighted by Crippen LogP contribution is 2.22. The second-order valence-corrected chi connectivity index (χ2v) is 12.9. The van der Waals surface area contributed by atoms with Gasteiger partial charge in [-0.25, -0.2) is 0 Å². The Balaban J connectivity index is 2.25. The van der Waals surface area contributed by atoms with Crippen LogP contribution >= 0.6 is 0 Å². The molecule has 5 nitrogen and oxygen atoms in total. The minimum atomic E-state index is -4.15. The Morgan fingerprint density at radius 2 is 1.38 bits per heavy atom. The molecule has 1 aliphatic rings. The lowest BCUT2D eigenvalue weighted by atomic mass is 10.5. The van der Waals surface area contributed by atoms with Crippen LogP contribution in [0.15, 0.2) is 0 Å². The molecule has 1 rings (SSSR count). The molecule has 16 heavy (non-hydrogen) atoms. The van der Waals surface area contributed by atoms with Crippen molar-refractivity contribution in [1.29, 1.82) is 0 Å². The average Bonchev–Trinajstić information content (AvgIpc) is 2.22. The van der Waals surface area contributed by atoms with E-state index in [9.17, 15) is 13.2 Å². The summed E-state index contributed by atoms with van der Waals surface area (Å²) in [6.45, 7) is 0. The van der Waals surface area contributed by atoms with E-state index in [1.54, 1.807) is 0 Å². The van der Waals surface area contributed by atoms with Crippen molar-refractivity contribution in [3.05, 3.63) is 0 Å². The van der Waals surface area contributed by atoms with E-state index in [-0.39, 0.29) is 6.04 Å². The van der Waals surface area contributed by atoms with E-state index in [2.05, 4.69) is 0 Å². The van der Waals surface area contributed by atoms with E-state index in [4.69, 9.17) is 20.6 Å². The topological polar surface area (TPSA) is 46.2 Å². The van der Waals surface area contributed by atoms with Crippen molar-refractivity contribution in [2.75, 3.05) is 0 Å². The van der Waals surface area contributed by atoms with Gasteiger partial charge in [-0.2, -0.15) is 13.2 Å². The quantitative estimate of drug-likeness (QED) is 0.515.